The summed E-state index contributed by atoms with van der Waals surface area (Å²) in [7, 11) is 1.92. The minimum atomic E-state index is 0.367. The molecule has 3 heteroatoms. The molecule has 2 rings (SSSR count). The second-order valence-electron chi connectivity index (χ2n) is 4.50. The Morgan fingerprint density at radius 1 is 1.35 bits per heavy atom. The third-order valence-corrected chi connectivity index (χ3v) is 2.74. The first-order valence-electron chi connectivity index (χ1n) is 5.71. The first kappa shape index (κ1) is 11.6. The molecule has 0 bridgehead atoms. The van der Waals surface area contributed by atoms with Crippen molar-refractivity contribution in [2.75, 3.05) is 0 Å². The summed E-state index contributed by atoms with van der Waals surface area (Å²) in [4.78, 5) is 10.8. The molecule has 1 heterocycles. The van der Waals surface area contributed by atoms with Gasteiger partial charge < -0.3 is 0 Å². The van der Waals surface area contributed by atoms with E-state index in [-0.39, 0.29) is 0 Å². The summed E-state index contributed by atoms with van der Waals surface area (Å²) >= 11 is 0. The molecule has 0 atom stereocenters. The van der Waals surface area contributed by atoms with E-state index in [1.54, 1.807) is 0 Å². The quantitative estimate of drug-likeness (QED) is 0.757. The fourth-order valence-electron chi connectivity index (χ4n) is 1.93. The molecule has 0 unspecified atom stereocenters. The van der Waals surface area contributed by atoms with E-state index in [1.807, 2.05) is 42.2 Å². The molecule has 0 aliphatic heterocycles. The van der Waals surface area contributed by atoms with Gasteiger partial charge in [-0.2, -0.15) is 5.10 Å². The summed E-state index contributed by atoms with van der Waals surface area (Å²) in [5.74, 6) is 0.367. The van der Waals surface area contributed by atoms with E-state index in [2.05, 4.69) is 18.9 Å². The maximum absolute atomic E-state index is 10.8. The third kappa shape index (κ3) is 2.28. The van der Waals surface area contributed by atoms with Crippen molar-refractivity contribution in [3.05, 3.63) is 41.7 Å². The van der Waals surface area contributed by atoms with Crippen LogP contribution in [0.3, 0.4) is 0 Å². The van der Waals surface area contributed by atoms with E-state index < -0.39 is 0 Å². The van der Waals surface area contributed by atoms with Crippen LogP contribution in [0.1, 0.15) is 35.8 Å². The molecule has 0 saturated carbocycles. The van der Waals surface area contributed by atoms with E-state index in [1.165, 1.54) is 0 Å². The van der Waals surface area contributed by atoms with Crippen LogP contribution in [-0.4, -0.2) is 16.1 Å². The maximum Gasteiger partial charge on any atom is 0.150 e. The Hall–Kier alpha value is -1.90. The van der Waals surface area contributed by atoms with Gasteiger partial charge >= 0.3 is 0 Å². The highest BCUT2D eigenvalue weighted by Crippen LogP contribution is 2.28. The van der Waals surface area contributed by atoms with Crippen LogP contribution in [0.5, 0.6) is 0 Å². The minimum Gasteiger partial charge on any atom is -0.298 e. The van der Waals surface area contributed by atoms with E-state index in [0.29, 0.717) is 11.5 Å². The van der Waals surface area contributed by atoms with Gasteiger partial charge in [-0.25, -0.2) is 0 Å². The zero-order valence-electron chi connectivity index (χ0n) is 10.3. The molecule has 1 aromatic carbocycles. The van der Waals surface area contributed by atoms with Gasteiger partial charge in [0.15, 0.2) is 0 Å². The molecule has 3 nitrogen and oxygen atoms in total. The fraction of sp³-hybridized carbons (Fsp3) is 0.286. The molecule has 0 amide bonds. The van der Waals surface area contributed by atoms with Crippen LogP contribution in [0.2, 0.25) is 0 Å². The van der Waals surface area contributed by atoms with Crippen molar-refractivity contribution in [1.82, 2.24) is 9.78 Å². The Balaban J connectivity index is 2.55. The van der Waals surface area contributed by atoms with Gasteiger partial charge in [0.1, 0.15) is 6.29 Å². The molecular weight excluding hydrogens is 212 g/mol. The molecule has 0 radical (unpaired) electrons. The largest absolute Gasteiger partial charge is 0.298 e. The lowest BCUT2D eigenvalue weighted by atomic mass is 9.99. The fourth-order valence-corrected chi connectivity index (χ4v) is 1.93. The highest BCUT2D eigenvalue weighted by atomic mass is 16.1. The predicted octanol–water partition coefficient (Wildman–Crippen LogP) is 3.02. The van der Waals surface area contributed by atoms with Crippen LogP contribution < -0.4 is 0 Å². The van der Waals surface area contributed by atoms with Crippen molar-refractivity contribution in [3.63, 3.8) is 0 Å². The first-order chi connectivity index (χ1) is 8.11. The Morgan fingerprint density at radius 3 is 2.76 bits per heavy atom. The Morgan fingerprint density at radius 2 is 2.12 bits per heavy atom. The summed E-state index contributed by atoms with van der Waals surface area (Å²) in [6.07, 6.45) is 2.87. The average Bonchev–Trinajstić information content (AvgIpc) is 2.72. The lowest BCUT2D eigenvalue weighted by Crippen LogP contribution is -1.93. The molecule has 0 aliphatic rings. The van der Waals surface area contributed by atoms with Crippen molar-refractivity contribution in [2.24, 2.45) is 7.05 Å². The molecule has 1 aromatic heterocycles. The number of carbonyl (C=O) groups is 1. The summed E-state index contributed by atoms with van der Waals surface area (Å²) in [5, 5.41) is 4.47. The number of benzene rings is 1. The van der Waals surface area contributed by atoms with Gasteiger partial charge in [-0.1, -0.05) is 32.0 Å². The van der Waals surface area contributed by atoms with Crippen LogP contribution in [0, 0.1) is 0 Å². The summed E-state index contributed by atoms with van der Waals surface area (Å²) in [6.45, 7) is 4.24. The van der Waals surface area contributed by atoms with Gasteiger partial charge in [-0.3, -0.25) is 9.48 Å². The van der Waals surface area contributed by atoms with Crippen molar-refractivity contribution < 1.29 is 4.79 Å². The van der Waals surface area contributed by atoms with Crippen LogP contribution in [-0.2, 0) is 7.05 Å². The Bertz CT molecular complexity index is 541. The van der Waals surface area contributed by atoms with E-state index in [0.717, 1.165) is 23.1 Å². The summed E-state index contributed by atoms with van der Waals surface area (Å²) < 4.78 is 1.82. The molecule has 0 N–H and O–H groups in total. The second kappa shape index (κ2) is 4.53. The number of aryl methyl sites for hydroxylation is 1. The van der Waals surface area contributed by atoms with Gasteiger partial charge in [0.2, 0.25) is 0 Å². The minimum absolute atomic E-state index is 0.367. The maximum atomic E-state index is 10.8. The molecule has 88 valence electrons. The van der Waals surface area contributed by atoms with Crippen molar-refractivity contribution in [1.29, 1.82) is 0 Å². The van der Waals surface area contributed by atoms with Gasteiger partial charge in [0, 0.05) is 24.4 Å². The lowest BCUT2D eigenvalue weighted by Gasteiger charge is -2.05. The Kier molecular flexibility index (Phi) is 3.09. The first-order valence-corrected chi connectivity index (χ1v) is 5.71. The monoisotopic (exact) mass is 228 g/mol. The number of hydrogen-bond acceptors (Lipinski definition) is 2. The predicted molar refractivity (Wildman–Crippen MR) is 68.1 cm³/mol. The van der Waals surface area contributed by atoms with Crippen molar-refractivity contribution in [2.45, 2.75) is 19.8 Å². The van der Waals surface area contributed by atoms with Gasteiger partial charge in [0.25, 0.3) is 0 Å². The van der Waals surface area contributed by atoms with Crippen LogP contribution in [0.15, 0.2) is 30.5 Å². The zero-order chi connectivity index (χ0) is 12.4. The molecular formula is C14H16N2O. The van der Waals surface area contributed by atoms with Gasteiger partial charge in [-0.05, 0) is 17.5 Å². The van der Waals surface area contributed by atoms with Crippen LogP contribution in [0.25, 0.3) is 11.1 Å². The molecule has 0 saturated heterocycles. The molecule has 0 aliphatic carbocycles. The number of hydrogen-bond donors (Lipinski definition) is 0. The molecule has 0 fully saturated rings. The van der Waals surface area contributed by atoms with Crippen molar-refractivity contribution in [3.8, 4) is 11.1 Å². The lowest BCUT2D eigenvalue weighted by molar-refractivity contribution is 0.112. The second-order valence-corrected chi connectivity index (χ2v) is 4.50. The topological polar surface area (TPSA) is 34.9 Å². The number of nitrogens with zero attached hydrogens (tertiary/aromatic N) is 2. The van der Waals surface area contributed by atoms with Crippen molar-refractivity contribution >= 4 is 6.29 Å². The van der Waals surface area contributed by atoms with Gasteiger partial charge in [-0.15, -0.1) is 0 Å². The smallest absolute Gasteiger partial charge is 0.150 e. The highest BCUT2D eigenvalue weighted by molar-refractivity contribution is 5.79. The van der Waals surface area contributed by atoms with E-state index in [4.69, 9.17) is 0 Å². The average molecular weight is 228 g/mol. The van der Waals surface area contributed by atoms with Crippen LogP contribution >= 0.6 is 0 Å². The highest BCUT2D eigenvalue weighted by Gasteiger charge is 2.13. The SMILES string of the molecule is CC(C)c1nn(C)cc1-c1cccc(C=O)c1. The van der Waals surface area contributed by atoms with E-state index >= 15 is 0 Å². The number of aldehydes is 1. The molecule has 2 aromatic rings. The standard InChI is InChI=1S/C14H16N2O/c1-10(2)14-13(8-16(3)15-14)12-6-4-5-11(7-12)9-17/h4-10H,1-3H3. The summed E-state index contributed by atoms with van der Waals surface area (Å²) in [5.41, 5.74) is 3.91. The van der Waals surface area contributed by atoms with E-state index in [9.17, 15) is 4.79 Å². The number of rotatable bonds is 3. The molecule has 17 heavy (non-hydrogen) atoms. The van der Waals surface area contributed by atoms with Gasteiger partial charge in [0.05, 0.1) is 5.69 Å². The summed E-state index contributed by atoms with van der Waals surface area (Å²) in [6, 6.07) is 7.61. The van der Waals surface area contributed by atoms with Crippen LogP contribution in [0.4, 0.5) is 0 Å². The number of aromatic nitrogens is 2. The normalized spacial score (nSPS) is 10.8. The zero-order valence-corrected chi connectivity index (χ0v) is 10.3. The third-order valence-electron chi connectivity index (χ3n) is 2.74. The number of carbonyl (C=O) groups excluding carboxylic acids is 1. The Labute approximate surface area is 101 Å². The molecule has 0 spiro atoms.